The third-order valence-corrected chi connectivity index (χ3v) is 2.81. The molecule has 0 bridgehead atoms. The molecule has 0 aromatic heterocycles. The zero-order valence-corrected chi connectivity index (χ0v) is 10.5. The van der Waals surface area contributed by atoms with Gasteiger partial charge in [-0.15, -0.1) is 11.8 Å². The van der Waals surface area contributed by atoms with Gasteiger partial charge in [0.25, 0.3) is 0 Å². The van der Waals surface area contributed by atoms with Crippen LogP contribution in [0, 0.1) is 0 Å². The van der Waals surface area contributed by atoms with Crippen LogP contribution >= 0.6 is 11.8 Å². The Kier molecular flexibility index (Phi) is 5.35. The summed E-state index contributed by atoms with van der Waals surface area (Å²) >= 11 is 1.75. The van der Waals surface area contributed by atoms with Gasteiger partial charge >= 0.3 is 0 Å². The molecule has 4 heteroatoms. The minimum absolute atomic E-state index is 0.0337. The van der Waals surface area contributed by atoms with Crippen LogP contribution in [-0.4, -0.2) is 17.7 Å². The number of benzene rings is 1. The third kappa shape index (κ3) is 4.68. The number of hydrogen-bond donors (Lipinski definition) is 2. The Morgan fingerprint density at radius 2 is 2.31 bits per heavy atom. The lowest BCUT2D eigenvalue weighted by Crippen LogP contribution is -2.23. The molecule has 16 heavy (non-hydrogen) atoms. The van der Waals surface area contributed by atoms with Crippen molar-refractivity contribution in [3.63, 3.8) is 0 Å². The van der Waals surface area contributed by atoms with E-state index in [9.17, 15) is 4.79 Å². The largest absolute Gasteiger partial charge is 0.327 e. The average molecular weight is 238 g/mol. The van der Waals surface area contributed by atoms with E-state index in [0.717, 1.165) is 11.4 Å². The Labute approximate surface area is 101 Å². The molecule has 3 nitrogen and oxygen atoms in total. The predicted octanol–water partition coefficient (Wildman–Crippen LogP) is 2.47. The maximum atomic E-state index is 11.5. The van der Waals surface area contributed by atoms with E-state index in [1.54, 1.807) is 11.8 Å². The molecule has 0 saturated heterocycles. The van der Waals surface area contributed by atoms with Crippen molar-refractivity contribution in [1.29, 1.82) is 0 Å². The Morgan fingerprint density at radius 1 is 1.56 bits per heavy atom. The van der Waals surface area contributed by atoms with Crippen molar-refractivity contribution < 1.29 is 4.79 Å². The summed E-state index contributed by atoms with van der Waals surface area (Å²) in [7, 11) is 0. The summed E-state index contributed by atoms with van der Waals surface area (Å²) in [6.45, 7) is 3.93. The van der Waals surface area contributed by atoms with Crippen LogP contribution in [0.4, 0.5) is 5.69 Å². The molecule has 0 fully saturated rings. The molecule has 1 aromatic rings. The standard InChI is InChI=1S/C12H18N2OS/c1-3-16-11-6-4-5-10(8-11)14-12(15)7-9(2)13/h4-6,8-9H,3,7,13H2,1-2H3,(H,14,15). The minimum Gasteiger partial charge on any atom is -0.327 e. The highest BCUT2D eigenvalue weighted by Gasteiger charge is 2.05. The zero-order valence-electron chi connectivity index (χ0n) is 9.69. The van der Waals surface area contributed by atoms with Crippen LogP contribution in [0.25, 0.3) is 0 Å². The van der Waals surface area contributed by atoms with Crippen LogP contribution in [0.5, 0.6) is 0 Å². The van der Waals surface area contributed by atoms with Gasteiger partial charge in [-0.1, -0.05) is 13.0 Å². The number of thioether (sulfide) groups is 1. The number of carbonyl (C=O) groups is 1. The zero-order chi connectivity index (χ0) is 12.0. The summed E-state index contributed by atoms with van der Waals surface area (Å²) in [5, 5.41) is 2.84. The molecule has 1 amide bonds. The third-order valence-electron chi connectivity index (χ3n) is 1.94. The van der Waals surface area contributed by atoms with E-state index in [-0.39, 0.29) is 11.9 Å². The summed E-state index contributed by atoms with van der Waals surface area (Å²) < 4.78 is 0. The van der Waals surface area contributed by atoms with Gasteiger partial charge in [0.1, 0.15) is 0 Å². The average Bonchev–Trinajstić information content (AvgIpc) is 2.17. The van der Waals surface area contributed by atoms with E-state index in [1.165, 1.54) is 4.90 Å². The fourth-order valence-corrected chi connectivity index (χ4v) is 2.05. The maximum Gasteiger partial charge on any atom is 0.225 e. The van der Waals surface area contributed by atoms with Crippen LogP contribution in [0.2, 0.25) is 0 Å². The van der Waals surface area contributed by atoms with Crippen molar-refractivity contribution >= 4 is 23.4 Å². The van der Waals surface area contributed by atoms with E-state index in [4.69, 9.17) is 5.73 Å². The van der Waals surface area contributed by atoms with Crippen molar-refractivity contribution in [2.24, 2.45) is 5.73 Å². The fraction of sp³-hybridized carbons (Fsp3) is 0.417. The predicted molar refractivity (Wildman–Crippen MR) is 69.7 cm³/mol. The first-order valence-corrected chi connectivity index (χ1v) is 6.38. The van der Waals surface area contributed by atoms with Gasteiger partial charge in [-0.3, -0.25) is 4.79 Å². The lowest BCUT2D eigenvalue weighted by Gasteiger charge is -2.08. The fourth-order valence-electron chi connectivity index (χ4n) is 1.33. The molecule has 1 aromatic carbocycles. The summed E-state index contributed by atoms with van der Waals surface area (Å²) in [6, 6.07) is 7.74. The molecular formula is C12H18N2OS. The van der Waals surface area contributed by atoms with Crippen molar-refractivity contribution in [3.8, 4) is 0 Å². The summed E-state index contributed by atoms with van der Waals surface area (Å²) in [6.07, 6.45) is 0.352. The second-order valence-electron chi connectivity index (χ2n) is 3.69. The Balaban J connectivity index is 2.59. The van der Waals surface area contributed by atoms with Crippen molar-refractivity contribution in [1.82, 2.24) is 0 Å². The van der Waals surface area contributed by atoms with Gasteiger partial charge in [0.15, 0.2) is 0 Å². The van der Waals surface area contributed by atoms with Crippen molar-refractivity contribution in [2.45, 2.75) is 31.2 Å². The molecule has 0 aliphatic rings. The Morgan fingerprint density at radius 3 is 2.94 bits per heavy atom. The molecule has 0 radical (unpaired) electrons. The second-order valence-corrected chi connectivity index (χ2v) is 5.03. The monoisotopic (exact) mass is 238 g/mol. The smallest absolute Gasteiger partial charge is 0.225 e. The van der Waals surface area contributed by atoms with Gasteiger partial charge in [-0.2, -0.15) is 0 Å². The molecule has 0 saturated carbocycles. The van der Waals surface area contributed by atoms with Crippen LogP contribution in [0.3, 0.4) is 0 Å². The van der Waals surface area contributed by atoms with E-state index in [1.807, 2.05) is 31.2 Å². The molecule has 3 N–H and O–H groups in total. The van der Waals surface area contributed by atoms with E-state index >= 15 is 0 Å². The molecule has 1 atom stereocenters. The minimum atomic E-state index is -0.104. The first-order valence-electron chi connectivity index (χ1n) is 5.40. The van der Waals surface area contributed by atoms with Gasteiger partial charge in [0, 0.05) is 23.0 Å². The van der Waals surface area contributed by atoms with Crippen LogP contribution in [-0.2, 0) is 4.79 Å². The lowest BCUT2D eigenvalue weighted by molar-refractivity contribution is -0.116. The first-order chi connectivity index (χ1) is 7.61. The van der Waals surface area contributed by atoms with Gasteiger partial charge in [0.05, 0.1) is 0 Å². The number of nitrogens with one attached hydrogen (secondary N) is 1. The van der Waals surface area contributed by atoms with E-state index in [2.05, 4.69) is 12.2 Å². The maximum absolute atomic E-state index is 11.5. The normalized spacial score (nSPS) is 12.2. The van der Waals surface area contributed by atoms with Crippen LogP contribution < -0.4 is 11.1 Å². The SMILES string of the molecule is CCSc1cccc(NC(=O)CC(C)N)c1. The number of rotatable bonds is 5. The molecule has 1 rings (SSSR count). The number of carbonyl (C=O) groups excluding carboxylic acids is 1. The Hall–Kier alpha value is -1.00. The number of hydrogen-bond acceptors (Lipinski definition) is 3. The quantitative estimate of drug-likeness (QED) is 0.775. The van der Waals surface area contributed by atoms with Crippen LogP contribution in [0.15, 0.2) is 29.2 Å². The summed E-state index contributed by atoms with van der Waals surface area (Å²) in [5.41, 5.74) is 6.40. The number of nitrogens with two attached hydrogens (primary N) is 1. The second kappa shape index (κ2) is 6.55. The van der Waals surface area contributed by atoms with Gasteiger partial charge in [-0.25, -0.2) is 0 Å². The molecule has 0 spiro atoms. The molecule has 0 aliphatic heterocycles. The van der Waals surface area contributed by atoms with E-state index in [0.29, 0.717) is 6.42 Å². The topological polar surface area (TPSA) is 55.1 Å². The number of amides is 1. The van der Waals surface area contributed by atoms with Crippen LogP contribution in [0.1, 0.15) is 20.3 Å². The molecule has 1 unspecified atom stereocenters. The number of anilines is 1. The van der Waals surface area contributed by atoms with E-state index < -0.39 is 0 Å². The van der Waals surface area contributed by atoms with Gasteiger partial charge in [-0.05, 0) is 30.9 Å². The van der Waals surface area contributed by atoms with Gasteiger partial charge in [0.2, 0.25) is 5.91 Å². The highest BCUT2D eigenvalue weighted by atomic mass is 32.2. The highest BCUT2D eigenvalue weighted by Crippen LogP contribution is 2.21. The highest BCUT2D eigenvalue weighted by molar-refractivity contribution is 7.99. The van der Waals surface area contributed by atoms with Crippen molar-refractivity contribution in [3.05, 3.63) is 24.3 Å². The van der Waals surface area contributed by atoms with Gasteiger partial charge < -0.3 is 11.1 Å². The first kappa shape index (κ1) is 13.1. The summed E-state index contributed by atoms with van der Waals surface area (Å²) in [4.78, 5) is 12.7. The molecular weight excluding hydrogens is 220 g/mol. The summed E-state index contributed by atoms with van der Waals surface area (Å²) in [5.74, 6) is 0.991. The molecule has 88 valence electrons. The Bertz CT molecular complexity index is 353. The van der Waals surface area contributed by atoms with Crippen molar-refractivity contribution in [2.75, 3.05) is 11.1 Å². The lowest BCUT2D eigenvalue weighted by atomic mass is 10.2. The molecule has 0 aliphatic carbocycles. The molecule has 0 heterocycles.